The molecule has 60 heavy (non-hydrogen) atoms. The van der Waals surface area contributed by atoms with E-state index in [9.17, 15) is 30.3 Å². The van der Waals surface area contributed by atoms with Gasteiger partial charge >= 0.3 is 0 Å². The first-order valence-corrected chi connectivity index (χ1v) is 24.9. The molecule has 1 saturated heterocycles. The van der Waals surface area contributed by atoms with Crippen LogP contribution in [0.4, 0.5) is 0 Å². The van der Waals surface area contributed by atoms with Gasteiger partial charge in [-0.25, -0.2) is 0 Å². The molecule has 1 fully saturated rings. The van der Waals surface area contributed by atoms with E-state index in [-0.39, 0.29) is 12.5 Å². The van der Waals surface area contributed by atoms with Crippen molar-refractivity contribution in [1.29, 1.82) is 0 Å². The van der Waals surface area contributed by atoms with Crippen molar-refractivity contribution in [1.82, 2.24) is 5.32 Å². The quantitative estimate of drug-likeness (QED) is 0.0263. The number of hydrogen-bond acceptors (Lipinski definition) is 8. The van der Waals surface area contributed by atoms with E-state index in [1.807, 2.05) is 6.08 Å². The molecule has 1 rings (SSSR count). The molecule has 0 radical (unpaired) electrons. The lowest BCUT2D eigenvalue weighted by Crippen LogP contribution is -2.60. The molecule has 0 aliphatic carbocycles. The van der Waals surface area contributed by atoms with Gasteiger partial charge in [0.25, 0.3) is 0 Å². The Labute approximate surface area is 367 Å². The molecule has 1 aliphatic rings. The number of carbonyl (C=O) groups excluding carboxylic acids is 1. The van der Waals surface area contributed by atoms with Crippen LogP contribution in [0.25, 0.3) is 0 Å². The average Bonchev–Trinajstić information content (AvgIpc) is 3.25. The van der Waals surface area contributed by atoms with E-state index in [4.69, 9.17) is 9.47 Å². The van der Waals surface area contributed by atoms with E-state index in [2.05, 4.69) is 55.6 Å². The van der Waals surface area contributed by atoms with Crippen LogP contribution in [-0.4, -0.2) is 87.5 Å². The van der Waals surface area contributed by atoms with Crippen LogP contribution in [0.2, 0.25) is 0 Å². The summed E-state index contributed by atoms with van der Waals surface area (Å²) in [6.07, 6.45) is 46.0. The first kappa shape index (κ1) is 56.2. The van der Waals surface area contributed by atoms with Crippen LogP contribution in [-0.2, 0) is 14.3 Å². The van der Waals surface area contributed by atoms with Crippen molar-refractivity contribution in [2.24, 2.45) is 0 Å². The molecule has 9 heteroatoms. The summed E-state index contributed by atoms with van der Waals surface area (Å²) in [6, 6.07) is -0.828. The van der Waals surface area contributed by atoms with Gasteiger partial charge in [0.1, 0.15) is 24.4 Å². The third-order valence-electron chi connectivity index (χ3n) is 11.6. The molecule has 0 spiro atoms. The number of aliphatic hydroxyl groups excluding tert-OH is 5. The van der Waals surface area contributed by atoms with E-state index in [0.717, 1.165) is 51.4 Å². The standard InChI is InChI=1S/C51H93NO8/c1-3-5-7-9-11-13-15-17-18-19-20-21-22-23-24-25-26-27-28-29-31-33-35-37-39-41-47(55)52-44(43-59-51-50(58)49(57)48(56)46(42-53)60-51)45(54)40-38-36-34-32-30-16-14-12-10-8-6-4-2/h10,12,23-24,30,32,38,40,44-46,48-51,53-54,56-58H,3-9,11,13-22,25-29,31,33-37,39,41-43H2,1-2H3,(H,52,55)/b12-10+,24-23-,32-30+,40-38+. The number of hydrogen-bond donors (Lipinski definition) is 6. The third-order valence-corrected chi connectivity index (χ3v) is 11.6. The molecule has 0 bridgehead atoms. The van der Waals surface area contributed by atoms with Crippen molar-refractivity contribution in [2.45, 2.75) is 256 Å². The van der Waals surface area contributed by atoms with Crippen LogP contribution in [0.3, 0.4) is 0 Å². The minimum atomic E-state index is -1.57. The maximum Gasteiger partial charge on any atom is 0.220 e. The van der Waals surface area contributed by atoms with Gasteiger partial charge in [-0.1, -0.05) is 191 Å². The lowest BCUT2D eigenvalue weighted by Gasteiger charge is -2.40. The Bertz CT molecular complexity index is 1080. The second kappa shape index (κ2) is 41.2. The molecular formula is C51H93NO8. The highest BCUT2D eigenvalue weighted by Gasteiger charge is 2.44. The molecular weight excluding hydrogens is 755 g/mol. The van der Waals surface area contributed by atoms with E-state index < -0.39 is 49.5 Å². The van der Waals surface area contributed by atoms with Gasteiger partial charge in [-0.2, -0.15) is 0 Å². The molecule has 0 aromatic carbocycles. The zero-order chi connectivity index (χ0) is 43.7. The summed E-state index contributed by atoms with van der Waals surface area (Å²) in [5.41, 5.74) is 0. The number of nitrogens with one attached hydrogen (secondary N) is 1. The summed E-state index contributed by atoms with van der Waals surface area (Å²) >= 11 is 0. The Morgan fingerprint density at radius 2 is 0.967 bits per heavy atom. The number of amides is 1. The number of carbonyl (C=O) groups is 1. The van der Waals surface area contributed by atoms with Crippen LogP contribution in [0.15, 0.2) is 48.6 Å². The predicted molar refractivity (Wildman–Crippen MR) is 249 cm³/mol. The summed E-state index contributed by atoms with van der Waals surface area (Å²) in [7, 11) is 0. The first-order chi connectivity index (χ1) is 29.3. The topological polar surface area (TPSA) is 149 Å². The maximum atomic E-state index is 13.0. The van der Waals surface area contributed by atoms with Gasteiger partial charge in [-0.15, -0.1) is 0 Å². The molecule has 1 amide bonds. The number of allylic oxidation sites excluding steroid dienone is 7. The molecule has 350 valence electrons. The number of rotatable bonds is 41. The zero-order valence-corrected chi connectivity index (χ0v) is 38.5. The van der Waals surface area contributed by atoms with Crippen molar-refractivity contribution >= 4 is 5.91 Å². The Morgan fingerprint density at radius 3 is 1.45 bits per heavy atom. The summed E-state index contributed by atoms with van der Waals surface area (Å²) in [6.45, 7) is 3.70. The van der Waals surface area contributed by atoms with Crippen LogP contribution >= 0.6 is 0 Å². The Morgan fingerprint density at radius 1 is 0.550 bits per heavy atom. The number of aliphatic hydroxyl groups is 5. The summed E-state index contributed by atoms with van der Waals surface area (Å²) in [5.74, 6) is -0.195. The van der Waals surface area contributed by atoms with Gasteiger partial charge in [-0.05, 0) is 64.2 Å². The molecule has 7 unspecified atom stereocenters. The fraction of sp³-hybridized carbons (Fsp3) is 0.824. The van der Waals surface area contributed by atoms with Gasteiger partial charge < -0.3 is 40.3 Å². The highest BCUT2D eigenvalue weighted by Crippen LogP contribution is 2.22. The summed E-state index contributed by atoms with van der Waals surface area (Å²) < 4.78 is 11.2. The average molecular weight is 848 g/mol. The van der Waals surface area contributed by atoms with Gasteiger partial charge in [0.05, 0.1) is 25.4 Å². The van der Waals surface area contributed by atoms with Gasteiger partial charge in [0.2, 0.25) is 5.91 Å². The van der Waals surface area contributed by atoms with Crippen LogP contribution < -0.4 is 5.32 Å². The maximum absolute atomic E-state index is 13.0. The van der Waals surface area contributed by atoms with Gasteiger partial charge in [-0.3, -0.25) is 4.79 Å². The normalized spacial score (nSPS) is 20.9. The van der Waals surface area contributed by atoms with Crippen molar-refractivity contribution in [3.8, 4) is 0 Å². The monoisotopic (exact) mass is 848 g/mol. The Hall–Kier alpha value is -1.85. The lowest BCUT2D eigenvalue weighted by molar-refractivity contribution is -0.302. The van der Waals surface area contributed by atoms with Crippen LogP contribution in [0.5, 0.6) is 0 Å². The lowest BCUT2D eigenvalue weighted by atomic mass is 9.99. The second-order valence-electron chi connectivity index (χ2n) is 17.2. The zero-order valence-electron chi connectivity index (χ0n) is 38.5. The Balaban J connectivity index is 2.25. The molecule has 6 N–H and O–H groups in total. The molecule has 0 aromatic heterocycles. The molecule has 7 atom stereocenters. The largest absolute Gasteiger partial charge is 0.394 e. The molecule has 0 saturated carbocycles. The van der Waals surface area contributed by atoms with Gasteiger partial charge in [0.15, 0.2) is 6.29 Å². The van der Waals surface area contributed by atoms with Crippen molar-refractivity contribution in [3.63, 3.8) is 0 Å². The number of unbranched alkanes of at least 4 members (excludes halogenated alkanes) is 25. The minimum absolute atomic E-state index is 0.195. The van der Waals surface area contributed by atoms with E-state index >= 15 is 0 Å². The second-order valence-corrected chi connectivity index (χ2v) is 17.2. The SMILES string of the molecule is CCCC/C=C/CC/C=C/CC/C=C/C(O)C(COC1OC(CO)C(O)C(O)C1O)NC(=O)CCCCCCCCCCC/C=C\CCCCCCCCCCCCCC. The van der Waals surface area contributed by atoms with Crippen LogP contribution in [0, 0.1) is 0 Å². The smallest absolute Gasteiger partial charge is 0.220 e. The summed E-state index contributed by atoms with van der Waals surface area (Å²) in [5, 5.41) is 54.1. The predicted octanol–water partition coefficient (Wildman–Crippen LogP) is 11.0. The highest BCUT2D eigenvalue weighted by molar-refractivity contribution is 5.76. The van der Waals surface area contributed by atoms with Crippen molar-refractivity contribution in [2.75, 3.05) is 13.2 Å². The molecule has 0 aromatic rings. The molecule has 1 aliphatic heterocycles. The Kier molecular flexibility index (Phi) is 38.5. The minimum Gasteiger partial charge on any atom is -0.394 e. The fourth-order valence-electron chi connectivity index (χ4n) is 7.58. The first-order valence-electron chi connectivity index (χ1n) is 24.9. The van der Waals surface area contributed by atoms with E-state index in [1.54, 1.807) is 6.08 Å². The van der Waals surface area contributed by atoms with Crippen LogP contribution in [0.1, 0.15) is 213 Å². The van der Waals surface area contributed by atoms with Crippen molar-refractivity contribution in [3.05, 3.63) is 48.6 Å². The third kappa shape index (κ3) is 31.1. The molecule has 1 heterocycles. The van der Waals surface area contributed by atoms with Gasteiger partial charge in [0, 0.05) is 6.42 Å². The fourth-order valence-corrected chi connectivity index (χ4v) is 7.58. The van der Waals surface area contributed by atoms with Crippen molar-refractivity contribution < 1.29 is 39.8 Å². The van der Waals surface area contributed by atoms with E-state index in [1.165, 1.54) is 141 Å². The summed E-state index contributed by atoms with van der Waals surface area (Å²) in [4.78, 5) is 13.0. The van der Waals surface area contributed by atoms with E-state index in [0.29, 0.717) is 6.42 Å². The number of ether oxygens (including phenoxy) is 2. The molecule has 9 nitrogen and oxygen atoms in total. The highest BCUT2D eigenvalue weighted by atomic mass is 16.7.